The lowest BCUT2D eigenvalue weighted by Gasteiger charge is -2.12. The number of aliphatic hydroxyl groups excluding tert-OH is 1. The monoisotopic (exact) mass is 224 g/mol. The highest BCUT2D eigenvalue weighted by atomic mass is 16.3. The first-order chi connectivity index (χ1) is 8.34. The van der Waals surface area contributed by atoms with E-state index in [1.54, 1.807) is 0 Å². The van der Waals surface area contributed by atoms with Gasteiger partial charge in [0.2, 0.25) is 0 Å². The van der Waals surface area contributed by atoms with Crippen molar-refractivity contribution in [1.82, 2.24) is 0 Å². The molecular formula is C16H16O. The number of rotatable bonds is 3. The molecule has 2 aromatic rings. The summed E-state index contributed by atoms with van der Waals surface area (Å²) in [7, 11) is 0. The minimum atomic E-state index is 0.0786. The first-order valence-electron chi connectivity index (χ1n) is 6.11. The minimum absolute atomic E-state index is 0.0786. The minimum Gasteiger partial charge on any atom is -0.395 e. The molecule has 1 nitrogen and oxygen atoms in total. The molecule has 17 heavy (non-hydrogen) atoms. The van der Waals surface area contributed by atoms with Gasteiger partial charge in [-0.15, -0.1) is 0 Å². The largest absolute Gasteiger partial charge is 0.395 e. The Hall–Kier alpha value is -1.60. The molecule has 0 bridgehead atoms. The van der Waals surface area contributed by atoms with E-state index in [4.69, 9.17) is 0 Å². The molecule has 1 fully saturated rings. The molecule has 0 unspecified atom stereocenters. The molecule has 0 aliphatic heterocycles. The molecule has 0 atom stereocenters. The molecule has 1 N–H and O–H groups in total. The van der Waals surface area contributed by atoms with Crippen LogP contribution in [0.5, 0.6) is 0 Å². The van der Waals surface area contributed by atoms with Crippen LogP contribution < -0.4 is 0 Å². The summed E-state index contributed by atoms with van der Waals surface area (Å²) < 4.78 is 0. The summed E-state index contributed by atoms with van der Waals surface area (Å²) in [6, 6.07) is 19.0. The predicted molar refractivity (Wildman–Crippen MR) is 69.9 cm³/mol. The maximum Gasteiger partial charge on any atom is 0.0527 e. The van der Waals surface area contributed by atoms with Gasteiger partial charge in [0.25, 0.3) is 0 Å². The van der Waals surface area contributed by atoms with Gasteiger partial charge >= 0.3 is 0 Å². The van der Waals surface area contributed by atoms with E-state index in [1.165, 1.54) is 16.7 Å². The van der Waals surface area contributed by atoms with Crippen molar-refractivity contribution >= 4 is 0 Å². The second-order valence-electron chi connectivity index (χ2n) is 4.88. The van der Waals surface area contributed by atoms with Gasteiger partial charge in [-0.05, 0) is 29.5 Å². The van der Waals surface area contributed by atoms with Crippen molar-refractivity contribution in [1.29, 1.82) is 0 Å². The third-order valence-electron chi connectivity index (χ3n) is 3.76. The van der Waals surface area contributed by atoms with E-state index in [2.05, 4.69) is 48.5 Å². The molecule has 1 aliphatic carbocycles. The Labute approximate surface area is 102 Å². The van der Waals surface area contributed by atoms with Crippen LogP contribution in [-0.4, -0.2) is 11.7 Å². The number of aliphatic hydroxyl groups is 1. The van der Waals surface area contributed by atoms with Crippen LogP contribution in [0.15, 0.2) is 54.6 Å². The van der Waals surface area contributed by atoms with Crippen LogP contribution in [0.2, 0.25) is 0 Å². The Morgan fingerprint density at radius 1 is 0.824 bits per heavy atom. The molecule has 0 heterocycles. The normalized spacial score (nSPS) is 16.8. The maximum absolute atomic E-state index is 9.40. The van der Waals surface area contributed by atoms with Gasteiger partial charge < -0.3 is 5.11 Å². The van der Waals surface area contributed by atoms with Crippen molar-refractivity contribution in [3.05, 3.63) is 60.2 Å². The third-order valence-corrected chi connectivity index (χ3v) is 3.76. The van der Waals surface area contributed by atoms with Gasteiger partial charge in [0.15, 0.2) is 0 Å². The standard InChI is InChI=1S/C16H16O/c17-12-16(10-11-16)15-8-6-14(7-9-15)13-4-2-1-3-5-13/h1-9,17H,10-12H2. The smallest absolute Gasteiger partial charge is 0.0527 e. The van der Waals surface area contributed by atoms with E-state index < -0.39 is 0 Å². The fourth-order valence-electron chi connectivity index (χ4n) is 2.34. The van der Waals surface area contributed by atoms with Gasteiger partial charge in [-0.3, -0.25) is 0 Å². The summed E-state index contributed by atoms with van der Waals surface area (Å²) in [5.74, 6) is 0. The molecule has 2 aromatic carbocycles. The first-order valence-corrected chi connectivity index (χ1v) is 6.11. The quantitative estimate of drug-likeness (QED) is 0.847. The Bertz CT molecular complexity index is 495. The van der Waals surface area contributed by atoms with E-state index in [0.29, 0.717) is 0 Å². The van der Waals surface area contributed by atoms with E-state index >= 15 is 0 Å². The number of hydrogen-bond acceptors (Lipinski definition) is 1. The number of benzene rings is 2. The molecule has 1 heteroatoms. The summed E-state index contributed by atoms with van der Waals surface area (Å²) in [6.45, 7) is 0.275. The maximum atomic E-state index is 9.40. The Kier molecular flexibility index (Phi) is 2.49. The highest BCUT2D eigenvalue weighted by Crippen LogP contribution is 2.47. The SMILES string of the molecule is OCC1(c2ccc(-c3ccccc3)cc2)CC1. The lowest BCUT2D eigenvalue weighted by atomic mass is 9.94. The van der Waals surface area contributed by atoms with Crippen LogP contribution in [0.4, 0.5) is 0 Å². The lowest BCUT2D eigenvalue weighted by molar-refractivity contribution is 0.255. The Balaban J connectivity index is 1.91. The van der Waals surface area contributed by atoms with Crippen molar-refractivity contribution in [2.24, 2.45) is 0 Å². The summed E-state index contributed by atoms with van der Waals surface area (Å²) in [5, 5.41) is 9.40. The fourth-order valence-corrected chi connectivity index (χ4v) is 2.34. The summed E-state index contributed by atoms with van der Waals surface area (Å²) in [4.78, 5) is 0. The second kappa shape index (κ2) is 4.01. The van der Waals surface area contributed by atoms with Crippen molar-refractivity contribution in [3.8, 4) is 11.1 Å². The zero-order valence-electron chi connectivity index (χ0n) is 9.76. The summed E-state index contributed by atoms with van der Waals surface area (Å²) in [6.07, 6.45) is 2.24. The first kappa shape index (κ1) is 10.5. The zero-order chi connectivity index (χ0) is 11.7. The van der Waals surface area contributed by atoms with Gasteiger partial charge in [-0.25, -0.2) is 0 Å². The molecular weight excluding hydrogens is 208 g/mol. The Morgan fingerprint density at radius 3 is 1.94 bits per heavy atom. The predicted octanol–water partition coefficient (Wildman–Crippen LogP) is 3.38. The molecule has 0 radical (unpaired) electrons. The topological polar surface area (TPSA) is 20.2 Å². The van der Waals surface area contributed by atoms with Crippen LogP contribution in [0.3, 0.4) is 0 Å². The summed E-state index contributed by atoms with van der Waals surface area (Å²) >= 11 is 0. The van der Waals surface area contributed by atoms with Crippen LogP contribution in [-0.2, 0) is 5.41 Å². The molecule has 1 aliphatic rings. The van der Waals surface area contributed by atoms with Crippen LogP contribution in [0.25, 0.3) is 11.1 Å². The molecule has 0 amide bonds. The van der Waals surface area contributed by atoms with E-state index in [9.17, 15) is 5.11 Å². The molecule has 0 aromatic heterocycles. The summed E-state index contributed by atoms with van der Waals surface area (Å²) in [5.41, 5.74) is 3.84. The molecule has 0 spiro atoms. The average molecular weight is 224 g/mol. The average Bonchev–Trinajstić information content (AvgIpc) is 3.21. The van der Waals surface area contributed by atoms with Gasteiger partial charge in [-0.2, -0.15) is 0 Å². The highest BCUT2D eigenvalue weighted by molar-refractivity contribution is 5.63. The van der Waals surface area contributed by atoms with Crippen LogP contribution in [0.1, 0.15) is 18.4 Å². The van der Waals surface area contributed by atoms with Crippen molar-refractivity contribution in [3.63, 3.8) is 0 Å². The highest BCUT2D eigenvalue weighted by Gasteiger charge is 2.43. The van der Waals surface area contributed by atoms with Crippen molar-refractivity contribution in [2.75, 3.05) is 6.61 Å². The second-order valence-corrected chi connectivity index (χ2v) is 4.88. The molecule has 0 saturated heterocycles. The third kappa shape index (κ3) is 1.87. The lowest BCUT2D eigenvalue weighted by Crippen LogP contribution is -2.11. The Morgan fingerprint density at radius 2 is 1.41 bits per heavy atom. The van der Waals surface area contributed by atoms with Crippen LogP contribution >= 0.6 is 0 Å². The molecule has 1 saturated carbocycles. The molecule has 86 valence electrons. The molecule has 3 rings (SSSR count). The van der Waals surface area contributed by atoms with E-state index in [-0.39, 0.29) is 12.0 Å². The van der Waals surface area contributed by atoms with Gasteiger partial charge in [0.05, 0.1) is 6.61 Å². The van der Waals surface area contributed by atoms with E-state index in [0.717, 1.165) is 12.8 Å². The van der Waals surface area contributed by atoms with Crippen molar-refractivity contribution in [2.45, 2.75) is 18.3 Å². The van der Waals surface area contributed by atoms with Crippen molar-refractivity contribution < 1.29 is 5.11 Å². The van der Waals surface area contributed by atoms with Crippen LogP contribution in [0, 0.1) is 0 Å². The number of hydrogen-bond donors (Lipinski definition) is 1. The van der Waals surface area contributed by atoms with Gasteiger partial charge in [0, 0.05) is 5.41 Å². The van der Waals surface area contributed by atoms with Gasteiger partial charge in [-0.1, -0.05) is 54.6 Å². The zero-order valence-corrected chi connectivity index (χ0v) is 9.76. The fraction of sp³-hybridized carbons (Fsp3) is 0.250. The van der Waals surface area contributed by atoms with E-state index in [1.807, 2.05) is 6.07 Å². The van der Waals surface area contributed by atoms with Gasteiger partial charge in [0.1, 0.15) is 0 Å².